The van der Waals surface area contributed by atoms with Gasteiger partial charge in [-0.25, -0.2) is 4.57 Å². The molecule has 3 N–H and O–H groups in total. The number of esters is 2. The van der Waals surface area contributed by atoms with Crippen molar-refractivity contribution in [2.75, 3.05) is 26.4 Å². The number of allylic oxidation sites excluding steroid dienone is 10. The largest absolute Gasteiger partial charge is 0.472 e. The van der Waals surface area contributed by atoms with Crippen molar-refractivity contribution < 1.29 is 47.8 Å². The number of aliphatic hydroxyl groups excluding tert-OH is 2. The Bertz CT molecular complexity index is 1130. The predicted molar refractivity (Wildman–Crippen MR) is 233 cm³/mol. The summed E-state index contributed by atoms with van der Waals surface area (Å²) in [5.74, 6) is -0.973. The van der Waals surface area contributed by atoms with E-state index in [1.54, 1.807) is 0 Å². The summed E-state index contributed by atoms with van der Waals surface area (Å²) in [6, 6.07) is 0. The van der Waals surface area contributed by atoms with Crippen molar-refractivity contribution in [1.29, 1.82) is 0 Å². The fraction of sp³-hybridized carbons (Fsp3) is 0.739. The minimum absolute atomic E-state index is 0.165. The topological polar surface area (TPSA) is 149 Å². The van der Waals surface area contributed by atoms with Crippen molar-refractivity contribution in [2.45, 2.75) is 193 Å². The molecule has 3 atom stereocenters. The summed E-state index contributed by atoms with van der Waals surface area (Å²) in [7, 11) is -4.63. The SMILES string of the molecule is CCCCC/C=C\C/C=C\C/C=C\C/C=C\CCCCCC(=O)OC[C@H](COP(=O)(O)OC[C@@H](O)CO)OC(=O)CCCCCCC/C=C\CCCCCCCC. The van der Waals surface area contributed by atoms with Gasteiger partial charge in [0.2, 0.25) is 0 Å². The third kappa shape index (κ3) is 41.6. The van der Waals surface area contributed by atoms with Crippen LogP contribution in [0.2, 0.25) is 0 Å². The van der Waals surface area contributed by atoms with Crippen LogP contribution in [0.4, 0.5) is 0 Å². The number of unbranched alkanes of at least 4 members (excludes halogenated alkanes) is 17. The molecule has 330 valence electrons. The highest BCUT2D eigenvalue weighted by molar-refractivity contribution is 7.47. The molecule has 0 spiro atoms. The van der Waals surface area contributed by atoms with Crippen LogP contribution in [0, 0.1) is 0 Å². The second-order valence-corrected chi connectivity index (χ2v) is 16.2. The minimum atomic E-state index is -4.63. The third-order valence-corrected chi connectivity index (χ3v) is 10.1. The van der Waals surface area contributed by atoms with E-state index in [0.29, 0.717) is 12.8 Å². The van der Waals surface area contributed by atoms with Crippen molar-refractivity contribution in [3.63, 3.8) is 0 Å². The highest BCUT2D eigenvalue weighted by atomic mass is 31.2. The van der Waals surface area contributed by atoms with Gasteiger partial charge in [0.15, 0.2) is 6.10 Å². The van der Waals surface area contributed by atoms with Crippen LogP contribution in [0.25, 0.3) is 0 Å². The van der Waals surface area contributed by atoms with Crippen LogP contribution in [0.5, 0.6) is 0 Å². The first-order chi connectivity index (χ1) is 27.7. The smallest absolute Gasteiger partial charge is 0.462 e. The molecule has 0 aliphatic carbocycles. The zero-order valence-corrected chi connectivity index (χ0v) is 36.7. The van der Waals surface area contributed by atoms with Gasteiger partial charge in [0.05, 0.1) is 19.8 Å². The first-order valence-electron chi connectivity index (χ1n) is 22.2. The molecule has 0 aromatic rings. The Morgan fingerprint density at radius 3 is 1.44 bits per heavy atom. The third-order valence-electron chi connectivity index (χ3n) is 9.14. The summed E-state index contributed by atoms with van der Waals surface area (Å²) in [6.07, 6.45) is 46.1. The highest BCUT2D eigenvalue weighted by Gasteiger charge is 2.27. The molecule has 0 aliphatic rings. The van der Waals surface area contributed by atoms with E-state index in [1.165, 1.54) is 64.2 Å². The number of ether oxygens (including phenoxy) is 2. The predicted octanol–water partition coefficient (Wildman–Crippen LogP) is 11.9. The van der Waals surface area contributed by atoms with E-state index in [4.69, 9.17) is 19.1 Å². The van der Waals surface area contributed by atoms with E-state index in [2.05, 4.69) is 79.1 Å². The Morgan fingerprint density at radius 1 is 0.526 bits per heavy atom. The first-order valence-corrected chi connectivity index (χ1v) is 23.7. The van der Waals surface area contributed by atoms with Crippen molar-refractivity contribution >= 4 is 19.8 Å². The maximum absolute atomic E-state index is 12.6. The molecule has 0 saturated carbocycles. The van der Waals surface area contributed by atoms with E-state index < -0.39 is 51.8 Å². The molecule has 0 saturated heterocycles. The number of phosphoric acid groups is 1. The maximum Gasteiger partial charge on any atom is 0.472 e. The molecule has 0 aromatic carbocycles. The van der Waals surface area contributed by atoms with Gasteiger partial charge >= 0.3 is 19.8 Å². The van der Waals surface area contributed by atoms with Gasteiger partial charge in [0.1, 0.15) is 12.7 Å². The monoisotopic (exact) mass is 825 g/mol. The zero-order valence-electron chi connectivity index (χ0n) is 35.8. The number of phosphoric ester groups is 1. The number of hydrogen-bond donors (Lipinski definition) is 3. The van der Waals surface area contributed by atoms with Gasteiger partial charge in [-0.3, -0.25) is 18.6 Å². The lowest BCUT2D eigenvalue weighted by Crippen LogP contribution is -2.29. The Kier molecular flexibility index (Phi) is 40.1. The Balaban J connectivity index is 4.36. The normalized spacial score (nSPS) is 14.4. The quantitative estimate of drug-likeness (QED) is 0.0235. The number of carbonyl (C=O) groups is 2. The van der Waals surface area contributed by atoms with Crippen LogP contribution in [-0.2, 0) is 32.7 Å². The molecule has 0 radical (unpaired) electrons. The molecule has 0 rings (SSSR count). The van der Waals surface area contributed by atoms with Crippen molar-refractivity contribution in [2.24, 2.45) is 0 Å². The number of carbonyl (C=O) groups excluding carboxylic acids is 2. The van der Waals surface area contributed by atoms with Gasteiger partial charge < -0.3 is 24.6 Å². The summed E-state index contributed by atoms with van der Waals surface area (Å²) >= 11 is 0. The lowest BCUT2D eigenvalue weighted by Gasteiger charge is -2.20. The molecule has 57 heavy (non-hydrogen) atoms. The summed E-state index contributed by atoms with van der Waals surface area (Å²) in [4.78, 5) is 35.0. The van der Waals surface area contributed by atoms with Crippen LogP contribution >= 0.6 is 7.82 Å². The van der Waals surface area contributed by atoms with Gasteiger partial charge in [-0.05, 0) is 83.5 Å². The second-order valence-electron chi connectivity index (χ2n) is 14.7. The molecule has 0 bridgehead atoms. The summed E-state index contributed by atoms with van der Waals surface area (Å²) in [5.41, 5.74) is 0. The van der Waals surface area contributed by atoms with Crippen LogP contribution in [-0.4, -0.2) is 65.7 Å². The zero-order chi connectivity index (χ0) is 41.9. The van der Waals surface area contributed by atoms with Gasteiger partial charge in [-0.1, -0.05) is 145 Å². The number of hydrogen-bond acceptors (Lipinski definition) is 9. The fourth-order valence-electron chi connectivity index (χ4n) is 5.68. The molecular weight excluding hydrogens is 743 g/mol. The Morgan fingerprint density at radius 2 is 0.912 bits per heavy atom. The molecular formula is C46H81O10P. The van der Waals surface area contributed by atoms with Crippen LogP contribution in [0.1, 0.15) is 181 Å². The summed E-state index contributed by atoms with van der Waals surface area (Å²) in [5, 5.41) is 18.3. The molecule has 11 heteroatoms. The average Bonchev–Trinajstić information content (AvgIpc) is 3.20. The van der Waals surface area contributed by atoms with Crippen LogP contribution in [0.3, 0.4) is 0 Å². The van der Waals surface area contributed by atoms with E-state index in [9.17, 15) is 24.2 Å². The molecule has 0 fully saturated rings. The molecule has 0 aliphatic heterocycles. The fourth-order valence-corrected chi connectivity index (χ4v) is 6.47. The second kappa shape index (κ2) is 41.8. The molecule has 0 amide bonds. The average molecular weight is 825 g/mol. The lowest BCUT2D eigenvalue weighted by molar-refractivity contribution is -0.161. The Labute approximate surface area is 346 Å². The minimum Gasteiger partial charge on any atom is -0.462 e. The standard InChI is InChI=1S/C46H81O10P/c1-3-5-7-9-11-13-15-17-19-20-21-22-24-25-27-29-31-33-35-37-45(49)53-41-44(42-55-57(51,52)54-40-43(48)39-47)56-46(50)38-36-34-32-30-28-26-23-18-16-14-12-10-8-6-4-2/h11,13,17-19,21-23,25,27,43-44,47-48H,3-10,12,14-16,20,24,26,28-42H2,1-2H3,(H,51,52)/b13-11-,19-17-,22-21-,23-18-,27-25-/t43-,44+/m0/s1. The molecule has 0 aromatic heterocycles. The van der Waals surface area contributed by atoms with E-state index in [0.717, 1.165) is 77.0 Å². The summed E-state index contributed by atoms with van der Waals surface area (Å²) in [6.45, 7) is 2.29. The first kappa shape index (κ1) is 54.7. The number of aliphatic hydroxyl groups is 2. The number of rotatable bonds is 41. The Hall–Kier alpha value is -2.33. The van der Waals surface area contributed by atoms with Crippen molar-refractivity contribution in [1.82, 2.24) is 0 Å². The molecule has 10 nitrogen and oxygen atoms in total. The van der Waals surface area contributed by atoms with E-state index >= 15 is 0 Å². The van der Waals surface area contributed by atoms with Gasteiger partial charge in [0.25, 0.3) is 0 Å². The maximum atomic E-state index is 12.6. The molecule has 1 unspecified atom stereocenters. The molecule has 0 heterocycles. The van der Waals surface area contributed by atoms with Crippen molar-refractivity contribution in [3.05, 3.63) is 60.8 Å². The van der Waals surface area contributed by atoms with Gasteiger partial charge in [0, 0.05) is 12.8 Å². The summed E-state index contributed by atoms with van der Waals surface area (Å²) < 4.78 is 32.7. The lowest BCUT2D eigenvalue weighted by atomic mass is 10.1. The highest BCUT2D eigenvalue weighted by Crippen LogP contribution is 2.43. The van der Waals surface area contributed by atoms with Crippen molar-refractivity contribution in [3.8, 4) is 0 Å². The van der Waals surface area contributed by atoms with Crippen LogP contribution in [0.15, 0.2) is 60.8 Å². The van der Waals surface area contributed by atoms with Crippen LogP contribution < -0.4 is 0 Å². The van der Waals surface area contributed by atoms with E-state index in [-0.39, 0.29) is 19.4 Å². The van der Waals surface area contributed by atoms with Gasteiger partial charge in [-0.15, -0.1) is 0 Å². The van der Waals surface area contributed by atoms with Gasteiger partial charge in [-0.2, -0.15) is 0 Å². The van der Waals surface area contributed by atoms with E-state index in [1.807, 2.05) is 0 Å².